The molecule has 1 aliphatic carbocycles. The number of ether oxygens (including phenoxy) is 1. The van der Waals surface area contributed by atoms with Gasteiger partial charge in [-0.25, -0.2) is 9.97 Å². The van der Waals surface area contributed by atoms with Crippen LogP contribution in [-0.2, 0) is 5.41 Å². The van der Waals surface area contributed by atoms with Crippen LogP contribution in [0.4, 0.5) is 0 Å². The molecule has 8 aromatic carbocycles. The quantitative estimate of drug-likeness (QED) is 0.185. The summed E-state index contributed by atoms with van der Waals surface area (Å²) in [6.07, 6.45) is 0. The highest BCUT2D eigenvalue weighted by Crippen LogP contribution is 2.62. The minimum atomic E-state index is -0.553. The van der Waals surface area contributed by atoms with Gasteiger partial charge in [-0.05, 0) is 68.4 Å². The van der Waals surface area contributed by atoms with E-state index in [-0.39, 0.29) is 0 Å². The van der Waals surface area contributed by atoms with Gasteiger partial charge < -0.3 is 4.74 Å². The highest BCUT2D eigenvalue weighted by Gasteiger charge is 2.51. The molecule has 11 rings (SSSR count). The summed E-state index contributed by atoms with van der Waals surface area (Å²) in [5, 5.41) is 2.48. The first-order valence-corrected chi connectivity index (χ1v) is 18.4. The van der Waals surface area contributed by atoms with Crippen LogP contribution in [0.3, 0.4) is 0 Å². The van der Waals surface area contributed by atoms with Crippen molar-refractivity contribution < 1.29 is 4.74 Å². The van der Waals surface area contributed by atoms with Crippen molar-refractivity contribution in [1.82, 2.24) is 9.97 Å². The zero-order chi connectivity index (χ0) is 35.6. The lowest BCUT2D eigenvalue weighted by Crippen LogP contribution is -2.32. The van der Waals surface area contributed by atoms with Gasteiger partial charge in [0.15, 0.2) is 5.82 Å². The molecule has 0 saturated heterocycles. The summed E-state index contributed by atoms with van der Waals surface area (Å²) >= 11 is 0. The largest absolute Gasteiger partial charge is 0.457 e. The minimum Gasteiger partial charge on any atom is -0.457 e. The summed E-state index contributed by atoms with van der Waals surface area (Å²) in [5.41, 5.74) is 13.9. The molecule has 0 bridgehead atoms. The van der Waals surface area contributed by atoms with Crippen LogP contribution in [-0.4, -0.2) is 9.97 Å². The Balaban J connectivity index is 1.10. The molecule has 252 valence electrons. The summed E-state index contributed by atoms with van der Waals surface area (Å²) in [6.45, 7) is 0. The molecular formula is C51H32N2O. The van der Waals surface area contributed by atoms with Crippen LogP contribution in [0.15, 0.2) is 194 Å². The first-order valence-electron chi connectivity index (χ1n) is 18.4. The van der Waals surface area contributed by atoms with Crippen molar-refractivity contribution >= 4 is 10.8 Å². The summed E-state index contributed by atoms with van der Waals surface area (Å²) in [5.74, 6) is 2.46. The van der Waals surface area contributed by atoms with Gasteiger partial charge in [0.25, 0.3) is 0 Å². The lowest BCUT2D eigenvalue weighted by atomic mass is 9.66. The number of hydrogen-bond acceptors (Lipinski definition) is 3. The smallest absolute Gasteiger partial charge is 0.160 e. The highest BCUT2D eigenvalue weighted by atomic mass is 16.5. The van der Waals surface area contributed by atoms with Crippen LogP contribution in [0.2, 0.25) is 0 Å². The third-order valence-electron chi connectivity index (χ3n) is 11.2. The van der Waals surface area contributed by atoms with Gasteiger partial charge in [0.1, 0.15) is 11.5 Å². The molecule has 0 amide bonds. The molecule has 0 fully saturated rings. The number of benzene rings is 8. The maximum atomic E-state index is 6.58. The maximum Gasteiger partial charge on any atom is 0.160 e. The van der Waals surface area contributed by atoms with E-state index in [1.807, 2.05) is 18.2 Å². The number of rotatable bonds is 4. The molecule has 3 nitrogen and oxygen atoms in total. The van der Waals surface area contributed by atoms with Crippen LogP contribution >= 0.6 is 0 Å². The molecule has 2 aliphatic rings. The van der Waals surface area contributed by atoms with Gasteiger partial charge in [-0.15, -0.1) is 0 Å². The molecule has 0 N–H and O–H groups in total. The Morgan fingerprint density at radius 3 is 1.69 bits per heavy atom. The Morgan fingerprint density at radius 2 is 0.907 bits per heavy atom. The number of hydrogen-bond donors (Lipinski definition) is 0. The first kappa shape index (κ1) is 30.5. The first-order chi connectivity index (χ1) is 26.8. The van der Waals surface area contributed by atoms with E-state index >= 15 is 0 Å². The maximum absolute atomic E-state index is 6.58. The standard InChI is InChI=1S/C51H32N2O/c1-2-14-36(15-3-1)50-52-46(35-27-25-34(26-28-35)39-19-12-16-33-13-4-5-17-38(33)39)32-47(53-50)37-29-30-41-40-18-6-7-20-42(40)51(45(41)31-37)43-21-8-10-23-48(43)54-49-24-11-9-22-44(49)51/h1-32H. The predicted molar refractivity (Wildman–Crippen MR) is 219 cm³/mol. The number of aromatic nitrogens is 2. The molecule has 0 radical (unpaired) electrons. The normalized spacial score (nSPS) is 13.1. The zero-order valence-electron chi connectivity index (χ0n) is 29.3. The van der Waals surface area contributed by atoms with Crippen LogP contribution in [0, 0.1) is 0 Å². The van der Waals surface area contributed by atoms with E-state index in [4.69, 9.17) is 14.7 Å². The van der Waals surface area contributed by atoms with Crippen molar-refractivity contribution in [2.24, 2.45) is 0 Å². The van der Waals surface area contributed by atoms with Gasteiger partial charge in [-0.2, -0.15) is 0 Å². The molecule has 0 saturated carbocycles. The highest BCUT2D eigenvalue weighted by molar-refractivity contribution is 5.97. The van der Waals surface area contributed by atoms with Crippen LogP contribution in [0.25, 0.3) is 66.9 Å². The Labute approximate surface area is 313 Å². The third kappa shape index (κ3) is 4.55. The Morgan fingerprint density at radius 1 is 0.352 bits per heavy atom. The molecule has 0 atom stereocenters. The number of nitrogens with zero attached hydrogens (tertiary/aromatic N) is 2. The molecule has 1 aliphatic heterocycles. The molecule has 54 heavy (non-hydrogen) atoms. The van der Waals surface area contributed by atoms with Crippen LogP contribution in [0.1, 0.15) is 22.3 Å². The molecule has 0 unspecified atom stereocenters. The second-order valence-electron chi connectivity index (χ2n) is 14.1. The second-order valence-corrected chi connectivity index (χ2v) is 14.1. The predicted octanol–water partition coefficient (Wildman–Crippen LogP) is 12.8. The van der Waals surface area contributed by atoms with Crippen molar-refractivity contribution in [3.8, 4) is 67.7 Å². The van der Waals surface area contributed by atoms with E-state index in [1.165, 1.54) is 44.2 Å². The Hall–Kier alpha value is -7.10. The number of fused-ring (bicyclic) bond motifs is 10. The fourth-order valence-corrected chi connectivity index (χ4v) is 8.77. The summed E-state index contributed by atoms with van der Waals surface area (Å²) < 4.78 is 6.58. The minimum absolute atomic E-state index is 0.553. The van der Waals surface area contributed by atoms with Crippen molar-refractivity contribution in [3.63, 3.8) is 0 Å². The molecule has 1 spiro atoms. The topological polar surface area (TPSA) is 35.0 Å². The Kier molecular flexibility index (Phi) is 6.77. The molecule has 9 aromatic rings. The third-order valence-corrected chi connectivity index (χ3v) is 11.2. The average Bonchev–Trinajstić information content (AvgIpc) is 3.53. The van der Waals surface area contributed by atoms with Crippen molar-refractivity contribution in [2.75, 3.05) is 0 Å². The van der Waals surface area contributed by atoms with E-state index in [1.54, 1.807) is 0 Å². The van der Waals surface area contributed by atoms with Crippen molar-refractivity contribution in [3.05, 3.63) is 216 Å². The van der Waals surface area contributed by atoms with E-state index in [9.17, 15) is 0 Å². The monoisotopic (exact) mass is 688 g/mol. The van der Waals surface area contributed by atoms with E-state index in [0.717, 1.165) is 50.7 Å². The summed E-state index contributed by atoms with van der Waals surface area (Å²) in [6, 6.07) is 68.9. The van der Waals surface area contributed by atoms with E-state index in [0.29, 0.717) is 5.82 Å². The number of para-hydroxylation sites is 2. The van der Waals surface area contributed by atoms with Gasteiger partial charge in [0.05, 0.1) is 16.8 Å². The molecule has 1 aromatic heterocycles. The van der Waals surface area contributed by atoms with Gasteiger partial charge in [-0.3, -0.25) is 0 Å². The summed E-state index contributed by atoms with van der Waals surface area (Å²) in [4.78, 5) is 10.4. The molecular weight excluding hydrogens is 657 g/mol. The van der Waals surface area contributed by atoms with Crippen LogP contribution < -0.4 is 4.74 Å². The zero-order valence-corrected chi connectivity index (χ0v) is 29.3. The van der Waals surface area contributed by atoms with Gasteiger partial charge in [-0.1, -0.05) is 170 Å². The molecule has 3 heteroatoms. The fraction of sp³-hybridized carbons (Fsp3) is 0.0196. The van der Waals surface area contributed by atoms with Gasteiger partial charge >= 0.3 is 0 Å². The average molecular weight is 689 g/mol. The Bertz CT molecular complexity index is 2860. The lowest BCUT2D eigenvalue weighted by molar-refractivity contribution is 0.436. The summed E-state index contributed by atoms with van der Waals surface area (Å²) in [7, 11) is 0. The van der Waals surface area contributed by atoms with Crippen LogP contribution in [0.5, 0.6) is 11.5 Å². The lowest BCUT2D eigenvalue weighted by Gasteiger charge is -2.39. The van der Waals surface area contributed by atoms with E-state index < -0.39 is 5.41 Å². The van der Waals surface area contributed by atoms with Crippen molar-refractivity contribution in [2.45, 2.75) is 5.41 Å². The second kappa shape index (κ2) is 12.0. The van der Waals surface area contributed by atoms with Gasteiger partial charge in [0.2, 0.25) is 0 Å². The fourth-order valence-electron chi connectivity index (χ4n) is 8.77. The van der Waals surface area contributed by atoms with E-state index in [2.05, 4.69) is 176 Å². The SMILES string of the molecule is c1ccc(-c2nc(-c3ccc(-c4cccc5ccccc45)cc3)cc(-c3ccc4c(c3)C3(c5ccccc5Oc5ccccc53)c3ccccc3-4)n2)cc1. The van der Waals surface area contributed by atoms with Crippen molar-refractivity contribution in [1.29, 1.82) is 0 Å². The van der Waals surface area contributed by atoms with Gasteiger partial charge in [0, 0.05) is 27.8 Å². The molecule has 2 heterocycles.